The highest BCUT2D eigenvalue weighted by Crippen LogP contribution is 2.34. The molecule has 1 saturated carbocycles. The molecular weight excluding hydrogens is 548 g/mol. The summed E-state index contributed by atoms with van der Waals surface area (Å²) in [5.41, 5.74) is 2.69. The van der Waals surface area contributed by atoms with Crippen molar-refractivity contribution in [2.45, 2.75) is 37.0 Å². The molecule has 1 amide bonds. The standard InChI is InChI=1S/C25H25ClN6O4S2/c26-16-4-8-32-21(11-16)19(13-29-32)22-14-28-25(37-22)24(33)30-23(15-5-9-36-10-6-15)20-12-17(3-7-27-20)31-38(34,35)18-1-2-18/h3-4,7-8,11-15,18,23H,1-2,5-6,9-10H2,(H,27,31)(H,30,33)/t23-/m0/s1. The van der Waals surface area contributed by atoms with Gasteiger partial charge in [-0.2, -0.15) is 5.10 Å². The lowest BCUT2D eigenvalue weighted by atomic mass is 9.89. The molecule has 2 aliphatic rings. The maximum absolute atomic E-state index is 13.4. The molecule has 1 aliphatic heterocycles. The summed E-state index contributed by atoms with van der Waals surface area (Å²) in [6.45, 7) is 1.17. The number of sulfonamides is 1. The fourth-order valence-electron chi connectivity index (χ4n) is 4.64. The number of thiazole rings is 1. The van der Waals surface area contributed by atoms with Gasteiger partial charge in [-0.25, -0.2) is 17.9 Å². The molecular formula is C25H25ClN6O4S2. The Morgan fingerprint density at radius 1 is 1.13 bits per heavy atom. The molecule has 13 heteroatoms. The van der Waals surface area contributed by atoms with Crippen molar-refractivity contribution >= 4 is 50.1 Å². The molecule has 5 heterocycles. The summed E-state index contributed by atoms with van der Waals surface area (Å²) in [7, 11) is -3.42. The van der Waals surface area contributed by atoms with E-state index in [4.69, 9.17) is 16.3 Å². The molecule has 38 heavy (non-hydrogen) atoms. The van der Waals surface area contributed by atoms with Gasteiger partial charge in [0.1, 0.15) is 0 Å². The number of fused-ring (bicyclic) bond motifs is 1. The van der Waals surface area contributed by atoms with Crippen molar-refractivity contribution in [1.29, 1.82) is 0 Å². The molecule has 6 rings (SSSR count). The van der Waals surface area contributed by atoms with Crippen molar-refractivity contribution in [3.8, 4) is 10.4 Å². The zero-order valence-corrected chi connectivity index (χ0v) is 22.6. The Labute approximate surface area is 228 Å². The van der Waals surface area contributed by atoms with Crippen molar-refractivity contribution < 1.29 is 17.9 Å². The summed E-state index contributed by atoms with van der Waals surface area (Å²) >= 11 is 7.44. The summed E-state index contributed by atoms with van der Waals surface area (Å²) < 4.78 is 34.9. The first-order chi connectivity index (χ1) is 18.4. The van der Waals surface area contributed by atoms with Crippen LogP contribution in [0.3, 0.4) is 0 Å². The highest BCUT2D eigenvalue weighted by atomic mass is 35.5. The lowest BCUT2D eigenvalue weighted by Crippen LogP contribution is -2.36. The Morgan fingerprint density at radius 2 is 1.95 bits per heavy atom. The summed E-state index contributed by atoms with van der Waals surface area (Å²) in [5, 5.41) is 8.04. The smallest absolute Gasteiger partial charge is 0.280 e. The first-order valence-electron chi connectivity index (χ1n) is 12.3. The number of nitrogens with zero attached hydrogens (tertiary/aromatic N) is 4. The third-order valence-corrected chi connectivity index (χ3v) is 9.93. The van der Waals surface area contributed by atoms with E-state index in [1.165, 1.54) is 11.3 Å². The van der Waals surface area contributed by atoms with Gasteiger partial charge in [0.05, 0.1) is 39.3 Å². The van der Waals surface area contributed by atoms with Gasteiger partial charge in [0, 0.05) is 42.4 Å². The van der Waals surface area contributed by atoms with Gasteiger partial charge in [0.15, 0.2) is 5.01 Å². The summed E-state index contributed by atoms with van der Waals surface area (Å²) in [5.74, 6) is -0.241. The van der Waals surface area contributed by atoms with Gasteiger partial charge in [0.2, 0.25) is 10.0 Å². The third kappa shape index (κ3) is 5.26. The predicted molar refractivity (Wildman–Crippen MR) is 145 cm³/mol. The Bertz CT molecular complexity index is 1590. The number of halogens is 1. The number of carbonyl (C=O) groups is 1. The minimum Gasteiger partial charge on any atom is -0.381 e. The van der Waals surface area contributed by atoms with Crippen LogP contribution in [0.4, 0.5) is 5.69 Å². The van der Waals surface area contributed by atoms with Crippen LogP contribution in [0.25, 0.3) is 16.0 Å². The number of aromatic nitrogens is 4. The molecule has 4 aromatic heterocycles. The number of hydrogen-bond donors (Lipinski definition) is 2. The zero-order chi connectivity index (χ0) is 26.3. The van der Waals surface area contributed by atoms with Gasteiger partial charge in [0.25, 0.3) is 5.91 Å². The van der Waals surface area contributed by atoms with E-state index in [0.29, 0.717) is 47.5 Å². The van der Waals surface area contributed by atoms with E-state index < -0.39 is 16.1 Å². The molecule has 1 aliphatic carbocycles. The first-order valence-corrected chi connectivity index (χ1v) is 15.1. The van der Waals surface area contributed by atoms with Crippen LogP contribution in [0, 0.1) is 5.92 Å². The van der Waals surface area contributed by atoms with E-state index >= 15 is 0 Å². The Balaban J connectivity index is 1.26. The van der Waals surface area contributed by atoms with Gasteiger partial charge >= 0.3 is 0 Å². The van der Waals surface area contributed by atoms with Crippen molar-refractivity contribution in [3.63, 3.8) is 0 Å². The molecule has 1 saturated heterocycles. The third-order valence-electron chi connectivity index (χ3n) is 6.80. The van der Waals surface area contributed by atoms with Gasteiger partial charge in [-0.15, -0.1) is 11.3 Å². The highest BCUT2D eigenvalue weighted by molar-refractivity contribution is 7.93. The number of ether oxygens (including phenoxy) is 1. The molecule has 198 valence electrons. The fourth-order valence-corrected chi connectivity index (χ4v) is 7.02. The van der Waals surface area contributed by atoms with E-state index in [9.17, 15) is 13.2 Å². The Kier molecular flexibility index (Phi) is 6.81. The largest absolute Gasteiger partial charge is 0.381 e. The minimum atomic E-state index is -3.42. The number of anilines is 1. The molecule has 2 fully saturated rings. The maximum atomic E-state index is 13.4. The van der Waals surface area contributed by atoms with Gasteiger partial charge in [-0.3, -0.25) is 14.5 Å². The van der Waals surface area contributed by atoms with Crippen molar-refractivity contribution in [3.05, 3.63) is 64.8 Å². The SMILES string of the molecule is O=C(N[C@H](c1cc(NS(=O)(=O)C2CC2)ccn1)C1CCOCC1)c1ncc(-c2cnn3ccc(Cl)cc23)s1. The van der Waals surface area contributed by atoms with Crippen LogP contribution in [-0.4, -0.2) is 52.4 Å². The highest BCUT2D eigenvalue weighted by Gasteiger charge is 2.36. The Hall–Kier alpha value is -3.06. The second-order valence-electron chi connectivity index (χ2n) is 9.48. The lowest BCUT2D eigenvalue weighted by Gasteiger charge is -2.30. The number of hydrogen-bond acceptors (Lipinski definition) is 8. The summed E-state index contributed by atoms with van der Waals surface area (Å²) in [6, 6.07) is 6.48. The second kappa shape index (κ2) is 10.3. The molecule has 0 radical (unpaired) electrons. The molecule has 1 atom stereocenters. The predicted octanol–water partition coefficient (Wildman–Crippen LogP) is 4.31. The first kappa shape index (κ1) is 25.2. The van der Waals surface area contributed by atoms with E-state index in [0.717, 1.165) is 28.8 Å². The minimum absolute atomic E-state index is 0.0803. The quantitative estimate of drug-likeness (QED) is 0.322. The van der Waals surface area contributed by atoms with Crippen LogP contribution in [0.15, 0.2) is 49.1 Å². The fraction of sp³-hybridized carbons (Fsp3) is 0.360. The van der Waals surface area contributed by atoms with Crippen LogP contribution in [-0.2, 0) is 14.8 Å². The monoisotopic (exact) mass is 572 g/mol. The van der Waals surface area contributed by atoms with Crippen LogP contribution in [0.5, 0.6) is 0 Å². The van der Waals surface area contributed by atoms with Crippen molar-refractivity contribution in [1.82, 2.24) is 24.9 Å². The van der Waals surface area contributed by atoms with E-state index in [1.807, 2.05) is 6.07 Å². The van der Waals surface area contributed by atoms with Gasteiger partial charge < -0.3 is 10.1 Å². The zero-order valence-electron chi connectivity index (χ0n) is 20.2. The molecule has 0 bridgehead atoms. The maximum Gasteiger partial charge on any atom is 0.280 e. The van der Waals surface area contributed by atoms with E-state index in [2.05, 4.69) is 25.1 Å². The van der Waals surface area contributed by atoms with Crippen LogP contribution in [0.2, 0.25) is 5.02 Å². The van der Waals surface area contributed by atoms with Crippen LogP contribution < -0.4 is 10.0 Å². The Morgan fingerprint density at radius 3 is 2.74 bits per heavy atom. The average molecular weight is 573 g/mol. The number of pyridine rings is 2. The average Bonchev–Trinajstić information content (AvgIpc) is 3.54. The molecule has 10 nitrogen and oxygen atoms in total. The van der Waals surface area contributed by atoms with E-state index in [1.54, 1.807) is 47.5 Å². The molecule has 2 N–H and O–H groups in total. The molecule has 0 spiro atoms. The van der Waals surface area contributed by atoms with Crippen LogP contribution in [0.1, 0.15) is 47.2 Å². The molecule has 0 unspecified atom stereocenters. The lowest BCUT2D eigenvalue weighted by molar-refractivity contribution is 0.0508. The number of amides is 1. The molecule has 0 aromatic carbocycles. The number of nitrogens with one attached hydrogen (secondary N) is 2. The normalized spacial score (nSPS) is 17.4. The van der Waals surface area contributed by atoms with Gasteiger partial charge in [-0.05, 0) is 55.9 Å². The topological polar surface area (TPSA) is 128 Å². The van der Waals surface area contributed by atoms with Gasteiger partial charge in [-0.1, -0.05) is 11.6 Å². The van der Waals surface area contributed by atoms with Crippen molar-refractivity contribution in [2.75, 3.05) is 17.9 Å². The van der Waals surface area contributed by atoms with Crippen molar-refractivity contribution in [2.24, 2.45) is 5.92 Å². The van der Waals surface area contributed by atoms with Crippen LogP contribution >= 0.6 is 22.9 Å². The number of carbonyl (C=O) groups excluding carboxylic acids is 1. The van der Waals surface area contributed by atoms with E-state index in [-0.39, 0.29) is 17.1 Å². The second-order valence-corrected chi connectivity index (χ2v) is 12.9. The number of rotatable bonds is 8. The molecule has 4 aromatic rings. The summed E-state index contributed by atoms with van der Waals surface area (Å²) in [6.07, 6.45) is 9.57. The summed E-state index contributed by atoms with van der Waals surface area (Å²) in [4.78, 5) is 23.1.